The molecule has 1 atom stereocenters. The SMILES string of the molecule is Cc1ccc(C2=NN(S(=O)(=O)c3ccc(C)cc3)C(c3cn(-c4ccccc4)nc3-c3ccc(Br)s3)C2)cc1. The molecule has 0 N–H and O–H groups in total. The topological polar surface area (TPSA) is 67.6 Å². The molecule has 0 saturated heterocycles. The maximum Gasteiger partial charge on any atom is 0.279 e. The molecule has 3 aromatic carbocycles. The molecule has 0 saturated carbocycles. The summed E-state index contributed by atoms with van der Waals surface area (Å²) >= 11 is 5.13. The second kappa shape index (κ2) is 10.2. The van der Waals surface area contributed by atoms with Crippen molar-refractivity contribution in [3.8, 4) is 16.3 Å². The normalized spacial score (nSPS) is 15.5. The highest BCUT2D eigenvalue weighted by Crippen LogP contribution is 2.43. The zero-order chi connectivity index (χ0) is 27.1. The van der Waals surface area contributed by atoms with Crippen LogP contribution in [0.3, 0.4) is 0 Å². The third-order valence-corrected chi connectivity index (χ3v) is 10.1. The van der Waals surface area contributed by atoms with Crippen molar-refractivity contribution in [1.82, 2.24) is 14.2 Å². The predicted molar refractivity (Wildman–Crippen MR) is 160 cm³/mol. The van der Waals surface area contributed by atoms with Crippen molar-refractivity contribution in [3.05, 3.63) is 123 Å². The molecule has 39 heavy (non-hydrogen) atoms. The zero-order valence-electron chi connectivity index (χ0n) is 21.3. The van der Waals surface area contributed by atoms with Crippen LogP contribution in [0.15, 0.2) is 111 Å². The van der Waals surface area contributed by atoms with Gasteiger partial charge in [-0.1, -0.05) is 65.7 Å². The Bertz CT molecular complexity index is 1770. The van der Waals surface area contributed by atoms with Crippen molar-refractivity contribution in [3.63, 3.8) is 0 Å². The zero-order valence-corrected chi connectivity index (χ0v) is 24.5. The molecule has 1 aliphatic heterocycles. The maximum absolute atomic E-state index is 14.1. The average molecular weight is 618 g/mol. The van der Waals surface area contributed by atoms with Crippen molar-refractivity contribution in [2.75, 3.05) is 0 Å². The number of hydrogen-bond acceptors (Lipinski definition) is 5. The van der Waals surface area contributed by atoms with Crippen molar-refractivity contribution in [1.29, 1.82) is 0 Å². The van der Waals surface area contributed by atoms with Gasteiger partial charge in [0.2, 0.25) is 0 Å². The standard InChI is InChI=1S/C30H25BrN4O2S2/c1-20-8-12-22(13-9-20)26-18-27(35(32-26)39(36,37)24-14-10-21(2)11-15-24)25-19-34(23-6-4-3-5-7-23)33-30(25)28-16-17-29(31)38-28/h3-17,19,27H,18H2,1-2H3. The van der Waals surface area contributed by atoms with E-state index in [1.165, 1.54) is 4.41 Å². The largest absolute Gasteiger partial charge is 0.279 e. The Morgan fingerprint density at radius 2 is 1.54 bits per heavy atom. The van der Waals surface area contributed by atoms with E-state index in [1.807, 2.05) is 104 Å². The lowest BCUT2D eigenvalue weighted by Gasteiger charge is -2.23. The Balaban J connectivity index is 1.52. The molecule has 3 heterocycles. The van der Waals surface area contributed by atoms with E-state index in [0.29, 0.717) is 6.42 Å². The number of halogens is 1. The molecule has 0 bridgehead atoms. The van der Waals surface area contributed by atoms with Crippen molar-refractivity contribution in [2.24, 2.45) is 5.10 Å². The van der Waals surface area contributed by atoms with Crippen LogP contribution in [0.5, 0.6) is 0 Å². The molecule has 196 valence electrons. The Hall–Kier alpha value is -3.53. The molecule has 0 amide bonds. The minimum Gasteiger partial charge on any atom is -0.240 e. The van der Waals surface area contributed by atoms with Gasteiger partial charge in [-0.3, -0.25) is 0 Å². The highest BCUT2D eigenvalue weighted by atomic mass is 79.9. The van der Waals surface area contributed by atoms with Gasteiger partial charge in [0, 0.05) is 18.2 Å². The van der Waals surface area contributed by atoms with Gasteiger partial charge >= 0.3 is 0 Å². The predicted octanol–water partition coefficient (Wildman–Crippen LogP) is 7.52. The summed E-state index contributed by atoms with van der Waals surface area (Å²) in [7, 11) is -3.95. The molecular formula is C30H25BrN4O2S2. The number of thiophene rings is 1. The highest BCUT2D eigenvalue weighted by molar-refractivity contribution is 9.11. The monoisotopic (exact) mass is 616 g/mol. The molecule has 1 aliphatic rings. The first-order chi connectivity index (χ1) is 18.8. The summed E-state index contributed by atoms with van der Waals surface area (Å²) in [5, 5.41) is 9.71. The summed E-state index contributed by atoms with van der Waals surface area (Å²) in [4.78, 5) is 1.16. The van der Waals surface area contributed by atoms with Crippen LogP contribution in [0.1, 0.15) is 34.7 Å². The smallest absolute Gasteiger partial charge is 0.240 e. The summed E-state index contributed by atoms with van der Waals surface area (Å²) in [5.74, 6) is 0. The van der Waals surface area contributed by atoms with E-state index in [2.05, 4.69) is 15.9 Å². The third kappa shape index (κ3) is 4.97. The second-order valence-electron chi connectivity index (χ2n) is 9.54. The number of hydrazone groups is 1. The van der Waals surface area contributed by atoms with Gasteiger partial charge in [-0.05, 0) is 71.7 Å². The number of aromatic nitrogens is 2. The van der Waals surface area contributed by atoms with Gasteiger partial charge in [-0.15, -0.1) is 11.3 Å². The van der Waals surface area contributed by atoms with E-state index in [9.17, 15) is 8.42 Å². The number of nitrogens with zero attached hydrogens (tertiary/aromatic N) is 4. The first kappa shape index (κ1) is 25.7. The number of hydrogen-bond donors (Lipinski definition) is 0. The van der Waals surface area contributed by atoms with Crippen molar-refractivity contribution in [2.45, 2.75) is 31.2 Å². The fraction of sp³-hybridized carbons (Fsp3) is 0.133. The number of benzene rings is 3. The fourth-order valence-corrected chi connectivity index (χ4v) is 7.48. The fourth-order valence-electron chi connectivity index (χ4n) is 4.66. The van der Waals surface area contributed by atoms with Gasteiger partial charge in [0.1, 0.15) is 5.69 Å². The van der Waals surface area contributed by atoms with E-state index >= 15 is 0 Å². The lowest BCUT2D eigenvalue weighted by Crippen LogP contribution is -2.27. The third-order valence-electron chi connectivity index (χ3n) is 6.75. The average Bonchev–Trinajstić information content (AvgIpc) is 3.68. The molecule has 5 aromatic rings. The Kier molecular flexibility index (Phi) is 6.74. The molecule has 6 rings (SSSR count). The van der Waals surface area contributed by atoms with E-state index in [0.717, 1.165) is 48.0 Å². The summed E-state index contributed by atoms with van der Waals surface area (Å²) in [6.45, 7) is 3.96. The summed E-state index contributed by atoms with van der Waals surface area (Å²) in [6, 6.07) is 28.2. The van der Waals surface area contributed by atoms with Gasteiger partial charge in [-0.25, -0.2) is 4.68 Å². The number of aryl methyl sites for hydroxylation is 2. The summed E-state index contributed by atoms with van der Waals surface area (Å²) in [5.41, 5.74) is 6.19. The molecule has 0 fully saturated rings. The molecule has 0 spiro atoms. The van der Waals surface area contributed by atoms with E-state index in [1.54, 1.807) is 23.5 Å². The highest BCUT2D eigenvalue weighted by Gasteiger charge is 2.40. The van der Waals surface area contributed by atoms with Crippen LogP contribution in [-0.2, 0) is 10.0 Å². The number of sulfonamides is 1. The minimum absolute atomic E-state index is 0.211. The second-order valence-corrected chi connectivity index (χ2v) is 13.8. The molecule has 6 nitrogen and oxygen atoms in total. The summed E-state index contributed by atoms with van der Waals surface area (Å²) in [6.07, 6.45) is 2.36. The van der Waals surface area contributed by atoms with Crippen LogP contribution in [0.4, 0.5) is 0 Å². The molecule has 9 heteroatoms. The lowest BCUT2D eigenvalue weighted by atomic mass is 9.98. The Morgan fingerprint density at radius 3 is 2.18 bits per heavy atom. The molecule has 0 radical (unpaired) electrons. The lowest BCUT2D eigenvalue weighted by molar-refractivity contribution is 0.372. The Labute approximate surface area is 240 Å². The number of para-hydroxylation sites is 1. The maximum atomic E-state index is 14.1. The van der Waals surface area contributed by atoms with Crippen LogP contribution >= 0.6 is 27.3 Å². The number of rotatable bonds is 6. The van der Waals surface area contributed by atoms with Crippen molar-refractivity contribution < 1.29 is 8.42 Å². The van der Waals surface area contributed by atoms with Crippen LogP contribution in [0, 0.1) is 13.8 Å². The van der Waals surface area contributed by atoms with Crippen LogP contribution in [0.2, 0.25) is 0 Å². The van der Waals surface area contributed by atoms with Crippen molar-refractivity contribution >= 4 is 43.0 Å². The van der Waals surface area contributed by atoms with Gasteiger partial charge in [0.15, 0.2) is 0 Å². The van der Waals surface area contributed by atoms with Crippen LogP contribution in [-0.4, -0.2) is 28.3 Å². The van der Waals surface area contributed by atoms with Gasteiger partial charge < -0.3 is 0 Å². The van der Waals surface area contributed by atoms with Crippen LogP contribution in [0.25, 0.3) is 16.3 Å². The van der Waals surface area contributed by atoms with E-state index < -0.39 is 16.1 Å². The summed E-state index contributed by atoms with van der Waals surface area (Å²) < 4.78 is 32.2. The van der Waals surface area contributed by atoms with Crippen LogP contribution < -0.4 is 0 Å². The molecular weight excluding hydrogens is 592 g/mol. The van der Waals surface area contributed by atoms with E-state index in [4.69, 9.17) is 10.2 Å². The quantitative estimate of drug-likeness (QED) is 0.198. The first-order valence-electron chi connectivity index (χ1n) is 12.5. The van der Waals surface area contributed by atoms with Gasteiger partial charge in [-0.2, -0.15) is 23.0 Å². The Morgan fingerprint density at radius 1 is 0.872 bits per heavy atom. The minimum atomic E-state index is -3.95. The molecule has 0 aliphatic carbocycles. The van der Waals surface area contributed by atoms with Gasteiger partial charge in [0.05, 0.1) is 31.0 Å². The molecule has 1 unspecified atom stereocenters. The van der Waals surface area contributed by atoms with E-state index in [-0.39, 0.29) is 4.90 Å². The molecule has 2 aromatic heterocycles. The van der Waals surface area contributed by atoms with Gasteiger partial charge in [0.25, 0.3) is 10.0 Å². The first-order valence-corrected chi connectivity index (χ1v) is 15.5.